The number of benzene rings is 1. The van der Waals surface area contributed by atoms with Crippen molar-refractivity contribution < 1.29 is 9.53 Å². The maximum Gasteiger partial charge on any atom is 0.149 e. The minimum atomic E-state index is 0.0565. The van der Waals surface area contributed by atoms with E-state index in [1.54, 1.807) is 13.2 Å². The number of hydrogen-bond acceptors (Lipinski definition) is 5. The highest BCUT2D eigenvalue weighted by molar-refractivity contribution is 5.80. The Hall–Kier alpha value is -2.43. The minimum absolute atomic E-state index is 0.0565. The SMILES string of the molecule is COc1ccc(-c2ccc(NCC(C)=O)nn2)cc1. The highest BCUT2D eigenvalue weighted by atomic mass is 16.5. The molecular weight excluding hydrogens is 242 g/mol. The first-order valence-electron chi connectivity index (χ1n) is 5.90. The largest absolute Gasteiger partial charge is 0.497 e. The molecule has 5 heteroatoms. The van der Waals surface area contributed by atoms with Crippen LogP contribution >= 0.6 is 0 Å². The molecule has 0 spiro atoms. The number of ketones is 1. The number of carbonyl (C=O) groups excluding carboxylic acids is 1. The second kappa shape index (κ2) is 5.95. The number of hydrogen-bond donors (Lipinski definition) is 1. The predicted molar refractivity (Wildman–Crippen MR) is 73.2 cm³/mol. The van der Waals surface area contributed by atoms with E-state index < -0.39 is 0 Å². The lowest BCUT2D eigenvalue weighted by atomic mass is 10.1. The lowest BCUT2D eigenvalue weighted by Gasteiger charge is -2.04. The maximum absolute atomic E-state index is 10.8. The van der Waals surface area contributed by atoms with E-state index in [0.717, 1.165) is 17.0 Å². The van der Waals surface area contributed by atoms with Crippen molar-refractivity contribution >= 4 is 11.6 Å². The molecule has 19 heavy (non-hydrogen) atoms. The zero-order valence-electron chi connectivity index (χ0n) is 10.9. The zero-order valence-corrected chi connectivity index (χ0v) is 10.9. The molecule has 2 aromatic rings. The second-order valence-corrected chi connectivity index (χ2v) is 4.09. The van der Waals surface area contributed by atoms with Crippen molar-refractivity contribution in [3.8, 4) is 17.0 Å². The van der Waals surface area contributed by atoms with E-state index in [0.29, 0.717) is 5.82 Å². The van der Waals surface area contributed by atoms with Crippen LogP contribution in [0.25, 0.3) is 11.3 Å². The average molecular weight is 257 g/mol. The van der Waals surface area contributed by atoms with Gasteiger partial charge in [0.05, 0.1) is 19.3 Å². The lowest BCUT2D eigenvalue weighted by Crippen LogP contribution is -2.11. The highest BCUT2D eigenvalue weighted by Gasteiger charge is 2.02. The smallest absolute Gasteiger partial charge is 0.149 e. The van der Waals surface area contributed by atoms with Crippen LogP contribution in [0.2, 0.25) is 0 Å². The van der Waals surface area contributed by atoms with Crippen LogP contribution in [0.5, 0.6) is 5.75 Å². The average Bonchev–Trinajstić information content (AvgIpc) is 2.46. The number of nitrogens with one attached hydrogen (secondary N) is 1. The van der Waals surface area contributed by atoms with Crippen molar-refractivity contribution in [2.24, 2.45) is 0 Å². The number of methoxy groups -OCH3 is 1. The molecule has 0 aliphatic carbocycles. The Kier molecular flexibility index (Phi) is 4.07. The van der Waals surface area contributed by atoms with Crippen LogP contribution in [-0.4, -0.2) is 29.6 Å². The summed E-state index contributed by atoms with van der Waals surface area (Å²) in [5.41, 5.74) is 1.74. The zero-order chi connectivity index (χ0) is 13.7. The molecule has 0 saturated heterocycles. The molecule has 0 unspecified atom stereocenters. The van der Waals surface area contributed by atoms with Crippen molar-refractivity contribution in [2.75, 3.05) is 19.0 Å². The summed E-state index contributed by atoms with van der Waals surface area (Å²) in [6.07, 6.45) is 0. The van der Waals surface area contributed by atoms with Crippen molar-refractivity contribution in [3.05, 3.63) is 36.4 Å². The molecular formula is C14H15N3O2. The first-order valence-corrected chi connectivity index (χ1v) is 5.90. The van der Waals surface area contributed by atoms with E-state index in [4.69, 9.17) is 4.74 Å². The number of carbonyl (C=O) groups is 1. The minimum Gasteiger partial charge on any atom is -0.497 e. The van der Waals surface area contributed by atoms with Crippen LogP contribution in [0.1, 0.15) is 6.92 Å². The van der Waals surface area contributed by atoms with Crippen LogP contribution < -0.4 is 10.1 Å². The second-order valence-electron chi connectivity index (χ2n) is 4.09. The Labute approximate surface area is 111 Å². The summed E-state index contributed by atoms with van der Waals surface area (Å²) in [5, 5.41) is 11.0. The fraction of sp³-hybridized carbons (Fsp3) is 0.214. The van der Waals surface area contributed by atoms with E-state index >= 15 is 0 Å². The molecule has 0 aliphatic rings. The molecule has 0 bridgehead atoms. The van der Waals surface area contributed by atoms with Gasteiger partial charge >= 0.3 is 0 Å². The molecule has 0 saturated carbocycles. The molecule has 1 aromatic heterocycles. The maximum atomic E-state index is 10.8. The third-order valence-corrected chi connectivity index (χ3v) is 2.57. The number of anilines is 1. The summed E-state index contributed by atoms with van der Waals surface area (Å²) < 4.78 is 5.10. The van der Waals surface area contributed by atoms with Gasteiger partial charge in [-0.05, 0) is 43.3 Å². The van der Waals surface area contributed by atoms with Crippen LogP contribution in [-0.2, 0) is 4.79 Å². The standard InChI is InChI=1S/C14H15N3O2/c1-10(18)9-15-14-8-7-13(16-17-14)11-3-5-12(19-2)6-4-11/h3-8H,9H2,1-2H3,(H,15,17). The fourth-order valence-electron chi connectivity index (χ4n) is 1.56. The van der Waals surface area contributed by atoms with Crippen molar-refractivity contribution in [1.82, 2.24) is 10.2 Å². The number of aromatic nitrogens is 2. The van der Waals surface area contributed by atoms with Gasteiger partial charge in [-0.3, -0.25) is 4.79 Å². The molecule has 0 atom stereocenters. The van der Waals surface area contributed by atoms with Crippen molar-refractivity contribution in [3.63, 3.8) is 0 Å². The molecule has 2 rings (SSSR count). The molecule has 1 heterocycles. The van der Waals surface area contributed by atoms with E-state index in [1.165, 1.54) is 6.92 Å². The molecule has 0 fully saturated rings. The summed E-state index contributed by atoms with van der Waals surface area (Å²) in [6.45, 7) is 1.78. The normalized spacial score (nSPS) is 10.0. The van der Waals surface area contributed by atoms with Crippen molar-refractivity contribution in [2.45, 2.75) is 6.92 Å². The Bertz CT molecular complexity index is 550. The summed E-state index contributed by atoms with van der Waals surface area (Å²) >= 11 is 0. The van der Waals surface area contributed by atoms with E-state index in [1.807, 2.05) is 30.3 Å². The first-order chi connectivity index (χ1) is 9.19. The van der Waals surface area contributed by atoms with Gasteiger partial charge in [0.25, 0.3) is 0 Å². The number of rotatable bonds is 5. The number of Topliss-reactive ketones (excluding diaryl/α,β-unsaturated/α-hetero) is 1. The van der Waals surface area contributed by atoms with Gasteiger partial charge in [0.1, 0.15) is 17.4 Å². The van der Waals surface area contributed by atoms with E-state index in [-0.39, 0.29) is 12.3 Å². The van der Waals surface area contributed by atoms with Gasteiger partial charge in [-0.25, -0.2) is 0 Å². The molecule has 0 amide bonds. The number of ether oxygens (including phenoxy) is 1. The Morgan fingerprint density at radius 3 is 2.42 bits per heavy atom. The van der Waals surface area contributed by atoms with Gasteiger partial charge in [-0.2, -0.15) is 0 Å². The molecule has 1 aromatic carbocycles. The molecule has 0 aliphatic heterocycles. The van der Waals surface area contributed by atoms with Gasteiger partial charge in [-0.15, -0.1) is 10.2 Å². The summed E-state index contributed by atoms with van der Waals surface area (Å²) in [6, 6.07) is 11.3. The summed E-state index contributed by atoms with van der Waals surface area (Å²) in [7, 11) is 1.63. The molecule has 1 N–H and O–H groups in total. The number of nitrogens with zero attached hydrogens (tertiary/aromatic N) is 2. The van der Waals surface area contributed by atoms with Gasteiger partial charge < -0.3 is 10.1 Å². The summed E-state index contributed by atoms with van der Waals surface area (Å²) in [5.74, 6) is 1.45. The van der Waals surface area contributed by atoms with Crippen molar-refractivity contribution in [1.29, 1.82) is 0 Å². The Morgan fingerprint density at radius 2 is 1.89 bits per heavy atom. The Morgan fingerprint density at radius 1 is 1.16 bits per heavy atom. The molecule has 0 radical (unpaired) electrons. The predicted octanol–water partition coefficient (Wildman–Crippen LogP) is 2.15. The van der Waals surface area contributed by atoms with Crippen LogP contribution in [0.3, 0.4) is 0 Å². The van der Waals surface area contributed by atoms with E-state index in [2.05, 4.69) is 15.5 Å². The Balaban J connectivity index is 2.10. The molecule has 5 nitrogen and oxygen atoms in total. The monoisotopic (exact) mass is 257 g/mol. The third-order valence-electron chi connectivity index (χ3n) is 2.57. The lowest BCUT2D eigenvalue weighted by molar-refractivity contribution is -0.115. The third kappa shape index (κ3) is 3.51. The fourth-order valence-corrected chi connectivity index (χ4v) is 1.56. The van der Waals surface area contributed by atoms with Gasteiger partial charge in [0, 0.05) is 5.56 Å². The van der Waals surface area contributed by atoms with Gasteiger partial charge in [0.15, 0.2) is 0 Å². The highest BCUT2D eigenvalue weighted by Crippen LogP contribution is 2.20. The first kappa shape index (κ1) is 13.0. The van der Waals surface area contributed by atoms with E-state index in [9.17, 15) is 4.79 Å². The topological polar surface area (TPSA) is 64.1 Å². The van der Waals surface area contributed by atoms with Crippen LogP contribution in [0.15, 0.2) is 36.4 Å². The van der Waals surface area contributed by atoms with Gasteiger partial charge in [-0.1, -0.05) is 0 Å². The quantitative estimate of drug-likeness (QED) is 0.889. The van der Waals surface area contributed by atoms with Gasteiger partial charge in [0.2, 0.25) is 0 Å². The molecule has 98 valence electrons. The van der Waals surface area contributed by atoms with Crippen LogP contribution in [0.4, 0.5) is 5.82 Å². The van der Waals surface area contributed by atoms with Crippen LogP contribution in [0, 0.1) is 0 Å². The summed E-state index contributed by atoms with van der Waals surface area (Å²) in [4.78, 5) is 10.8.